The van der Waals surface area contributed by atoms with Crippen LogP contribution in [-0.2, 0) is 17.7 Å². The number of hydrogen-bond acceptors (Lipinski definition) is 5. The summed E-state index contributed by atoms with van der Waals surface area (Å²) in [6, 6.07) is 1.90. The van der Waals surface area contributed by atoms with Crippen LogP contribution in [0.1, 0.15) is 49.9 Å². The highest BCUT2D eigenvalue weighted by Crippen LogP contribution is 2.43. The van der Waals surface area contributed by atoms with E-state index in [1.54, 1.807) is 19.1 Å². The maximum absolute atomic E-state index is 12.2. The van der Waals surface area contributed by atoms with Gasteiger partial charge in [-0.3, -0.25) is 0 Å². The Hall–Kier alpha value is -1.95. The van der Waals surface area contributed by atoms with Crippen molar-refractivity contribution >= 4 is 6.09 Å². The summed E-state index contributed by atoms with van der Waals surface area (Å²) in [5, 5.41) is 3.42. The Balaban J connectivity index is 2.42. The second kappa shape index (κ2) is 8.94. The molecule has 0 bridgehead atoms. The van der Waals surface area contributed by atoms with E-state index in [9.17, 15) is 4.79 Å². The lowest BCUT2D eigenvalue weighted by Gasteiger charge is -2.36. The van der Waals surface area contributed by atoms with E-state index in [2.05, 4.69) is 12.2 Å². The molecule has 6 nitrogen and oxygen atoms in total. The molecule has 1 aromatic rings. The molecule has 1 N–H and O–H groups in total. The maximum atomic E-state index is 12.2. The minimum Gasteiger partial charge on any atom is -0.496 e. The summed E-state index contributed by atoms with van der Waals surface area (Å²) in [6.45, 7) is 8.64. The summed E-state index contributed by atoms with van der Waals surface area (Å²) >= 11 is 0. The van der Waals surface area contributed by atoms with Crippen molar-refractivity contribution in [2.45, 2.75) is 46.2 Å². The number of fused-ring (bicyclic) bond motifs is 1. The molecule has 25 heavy (non-hydrogen) atoms. The van der Waals surface area contributed by atoms with Gasteiger partial charge in [0.05, 0.1) is 26.9 Å². The molecule has 0 aliphatic carbocycles. The lowest BCUT2D eigenvalue weighted by atomic mass is 9.89. The topological polar surface area (TPSA) is 60.0 Å². The molecule has 0 saturated heterocycles. The van der Waals surface area contributed by atoms with Gasteiger partial charge in [0.2, 0.25) is 0 Å². The number of benzene rings is 1. The summed E-state index contributed by atoms with van der Waals surface area (Å²) in [4.78, 5) is 14.0. The standard InChI is InChI=1S/C19H30N2O4/c1-6-9-20-12-14-11-16(23-4)17-13(3)21(19(22)25-7-2)10-8-15(17)18(14)24-5/h11,13,20H,6-10,12H2,1-5H3. The zero-order valence-electron chi connectivity index (χ0n) is 16.0. The van der Waals surface area contributed by atoms with Crippen molar-refractivity contribution in [3.8, 4) is 11.5 Å². The van der Waals surface area contributed by atoms with Crippen LogP contribution in [0.2, 0.25) is 0 Å². The minimum atomic E-state index is -0.282. The molecule has 0 saturated carbocycles. The van der Waals surface area contributed by atoms with Gasteiger partial charge in [0.15, 0.2) is 0 Å². The summed E-state index contributed by atoms with van der Waals surface area (Å²) in [5.74, 6) is 1.69. The van der Waals surface area contributed by atoms with Crippen molar-refractivity contribution in [2.75, 3.05) is 33.9 Å². The monoisotopic (exact) mass is 350 g/mol. The van der Waals surface area contributed by atoms with E-state index in [4.69, 9.17) is 14.2 Å². The van der Waals surface area contributed by atoms with Crippen LogP contribution in [0.4, 0.5) is 4.79 Å². The summed E-state index contributed by atoms with van der Waals surface area (Å²) < 4.78 is 16.6. The molecule has 140 valence electrons. The first-order chi connectivity index (χ1) is 12.1. The predicted molar refractivity (Wildman–Crippen MR) is 97.4 cm³/mol. The van der Waals surface area contributed by atoms with Crippen LogP contribution in [0.25, 0.3) is 0 Å². The molecule has 1 aliphatic heterocycles. The van der Waals surface area contributed by atoms with Crippen LogP contribution < -0.4 is 14.8 Å². The molecule has 2 rings (SSSR count). The summed E-state index contributed by atoms with van der Waals surface area (Å²) in [5.41, 5.74) is 3.23. The number of ether oxygens (including phenoxy) is 3. The predicted octanol–water partition coefficient (Wildman–Crippen LogP) is 3.28. The number of amides is 1. The van der Waals surface area contributed by atoms with Gasteiger partial charge in [-0.15, -0.1) is 0 Å². The third-order valence-corrected chi connectivity index (χ3v) is 4.62. The van der Waals surface area contributed by atoms with Crippen molar-refractivity contribution in [3.63, 3.8) is 0 Å². The molecule has 0 radical (unpaired) electrons. The van der Waals surface area contributed by atoms with Crippen molar-refractivity contribution in [1.29, 1.82) is 0 Å². The summed E-state index contributed by atoms with van der Waals surface area (Å²) in [7, 11) is 3.37. The molecule has 1 unspecified atom stereocenters. The number of carbonyl (C=O) groups excluding carboxylic acids is 1. The van der Waals surface area contributed by atoms with Gasteiger partial charge < -0.3 is 24.4 Å². The first kappa shape index (κ1) is 19.4. The fourth-order valence-electron chi connectivity index (χ4n) is 3.46. The van der Waals surface area contributed by atoms with E-state index in [1.807, 2.05) is 19.9 Å². The smallest absolute Gasteiger partial charge is 0.410 e. The molecular formula is C19H30N2O4. The average Bonchev–Trinajstić information content (AvgIpc) is 2.61. The van der Waals surface area contributed by atoms with Crippen LogP contribution in [0, 0.1) is 0 Å². The van der Waals surface area contributed by atoms with E-state index in [-0.39, 0.29) is 12.1 Å². The van der Waals surface area contributed by atoms with Gasteiger partial charge in [-0.25, -0.2) is 4.79 Å². The fourth-order valence-corrected chi connectivity index (χ4v) is 3.46. The zero-order valence-corrected chi connectivity index (χ0v) is 16.0. The Morgan fingerprint density at radius 2 is 2.08 bits per heavy atom. The van der Waals surface area contributed by atoms with Gasteiger partial charge in [-0.05, 0) is 39.3 Å². The fraction of sp³-hybridized carbons (Fsp3) is 0.632. The van der Waals surface area contributed by atoms with E-state index in [0.717, 1.165) is 54.1 Å². The highest BCUT2D eigenvalue weighted by molar-refractivity contribution is 5.70. The number of methoxy groups -OCH3 is 2. The molecule has 6 heteroatoms. The SMILES string of the molecule is CCCNCc1cc(OC)c2c(c1OC)CCN(C(=O)OCC)C2C. The van der Waals surface area contributed by atoms with Gasteiger partial charge in [-0.1, -0.05) is 6.92 Å². The lowest BCUT2D eigenvalue weighted by Crippen LogP contribution is -2.39. The van der Waals surface area contributed by atoms with E-state index in [0.29, 0.717) is 13.2 Å². The zero-order chi connectivity index (χ0) is 18.4. The Morgan fingerprint density at radius 3 is 2.68 bits per heavy atom. The molecule has 1 aromatic carbocycles. The van der Waals surface area contributed by atoms with E-state index >= 15 is 0 Å². The maximum Gasteiger partial charge on any atom is 0.410 e. The second-order valence-corrected chi connectivity index (χ2v) is 6.16. The Bertz CT molecular complexity index is 604. The number of carbonyl (C=O) groups is 1. The molecule has 1 amide bonds. The van der Waals surface area contributed by atoms with E-state index in [1.165, 1.54) is 0 Å². The highest BCUT2D eigenvalue weighted by Gasteiger charge is 2.34. The molecule has 1 aliphatic rings. The molecule has 0 fully saturated rings. The van der Waals surface area contributed by atoms with Crippen LogP contribution in [0.3, 0.4) is 0 Å². The first-order valence-electron chi connectivity index (χ1n) is 8.99. The lowest BCUT2D eigenvalue weighted by molar-refractivity contribution is 0.0892. The molecule has 1 heterocycles. The normalized spacial score (nSPS) is 16.4. The van der Waals surface area contributed by atoms with Gasteiger partial charge in [0, 0.05) is 29.8 Å². The van der Waals surface area contributed by atoms with Gasteiger partial charge in [0.25, 0.3) is 0 Å². The number of nitrogens with one attached hydrogen (secondary N) is 1. The van der Waals surface area contributed by atoms with Gasteiger partial charge in [0.1, 0.15) is 11.5 Å². The molecule has 1 atom stereocenters. The van der Waals surface area contributed by atoms with Crippen molar-refractivity contribution in [3.05, 3.63) is 22.8 Å². The minimum absolute atomic E-state index is 0.121. The van der Waals surface area contributed by atoms with Crippen molar-refractivity contribution in [2.24, 2.45) is 0 Å². The van der Waals surface area contributed by atoms with Crippen LogP contribution in [0.15, 0.2) is 6.07 Å². The third kappa shape index (κ3) is 4.00. The van der Waals surface area contributed by atoms with Gasteiger partial charge >= 0.3 is 6.09 Å². The van der Waals surface area contributed by atoms with Crippen LogP contribution >= 0.6 is 0 Å². The Kier molecular flexibility index (Phi) is 6.93. The average molecular weight is 350 g/mol. The number of hydrogen-bond donors (Lipinski definition) is 1. The van der Waals surface area contributed by atoms with E-state index < -0.39 is 0 Å². The highest BCUT2D eigenvalue weighted by atomic mass is 16.6. The quantitative estimate of drug-likeness (QED) is 0.765. The van der Waals surface area contributed by atoms with Gasteiger partial charge in [-0.2, -0.15) is 0 Å². The third-order valence-electron chi connectivity index (χ3n) is 4.62. The Morgan fingerprint density at radius 1 is 1.32 bits per heavy atom. The summed E-state index contributed by atoms with van der Waals surface area (Å²) in [6.07, 6.45) is 1.52. The number of nitrogens with zero attached hydrogens (tertiary/aromatic N) is 1. The van der Waals surface area contributed by atoms with Crippen molar-refractivity contribution < 1.29 is 19.0 Å². The molecule has 0 aromatic heterocycles. The second-order valence-electron chi connectivity index (χ2n) is 6.16. The molecular weight excluding hydrogens is 320 g/mol. The van der Waals surface area contributed by atoms with Crippen molar-refractivity contribution in [1.82, 2.24) is 10.2 Å². The first-order valence-corrected chi connectivity index (χ1v) is 8.99. The Labute approximate surface area is 150 Å². The number of rotatable bonds is 7. The van der Waals surface area contributed by atoms with Crippen LogP contribution in [-0.4, -0.2) is 44.9 Å². The molecule has 0 spiro atoms. The largest absolute Gasteiger partial charge is 0.496 e. The van der Waals surface area contributed by atoms with Crippen LogP contribution in [0.5, 0.6) is 11.5 Å².